The molecule has 2 bridgehead atoms. The van der Waals surface area contributed by atoms with Gasteiger partial charge in [0.1, 0.15) is 0 Å². The normalized spacial score (nSPS) is 34.8. The minimum Gasteiger partial charge on any atom is -0.313 e. The van der Waals surface area contributed by atoms with Gasteiger partial charge in [-0.25, -0.2) is 9.65 Å². The van der Waals surface area contributed by atoms with Crippen LogP contribution in [0.25, 0.3) is 0 Å². The summed E-state index contributed by atoms with van der Waals surface area (Å²) in [7, 11) is -4.14. The Morgan fingerprint density at radius 3 is 2.88 bits per heavy atom. The highest BCUT2D eigenvalue weighted by Crippen LogP contribution is 2.65. The summed E-state index contributed by atoms with van der Waals surface area (Å²) >= 11 is 0. The highest BCUT2D eigenvalue weighted by molar-refractivity contribution is 7.49. The first-order valence-electron chi connectivity index (χ1n) is 8.46. The summed E-state index contributed by atoms with van der Waals surface area (Å²) in [5.74, 6) is 1.18. The molecule has 3 aliphatic rings. The lowest BCUT2D eigenvalue weighted by Crippen LogP contribution is -2.30. The van der Waals surface area contributed by atoms with Crippen molar-refractivity contribution in [3.05, 3.63) is 71.3 Å². The highest BCUT2D eigenvalue weighted by Gasteiger charge is 2.54. The van der Waals surface area contributed by atoms with Crippen LogP contribution in [0.4, 0.5) is 0 Å². The van der Waals surface area contributed by atoms with E-state index in [1.165, 1.54) is 16.7 Å². The van der Waals surface area contributed by atoms with Crippen LogP contribution in [0.1, 0.15) is 36.3 Å². The maximum absolute atomic E-state index is 11.0. The van der Waals surface area contributed by atoms with E-state index in [4.69, 9.17) is 9.79 Å². The summed E-state index contributed by atoms with van der Waals surface area (Å²) in [4.78, 5) is 18.0. The molecule has 1 aromatic rings. The van der Waals surface area contributed by atoms with Crippen LogP contribution >= 0.6 is 7.75 Å². The van der Waals surface area contributed by atoms with Crippen LogP contribution < -0.4 is 5.09 Å². The molecule has 1 saturated carbocycles. The molecule has 1 aromatic carbocycles. The Hall–Kier alpha value is -1.45. The molecule has 1 fully saturated rings. The number of benzene rings is 1. The summed E-state index contributed by atoms with van der Waals surface area (Å²) < 4.78 is 11.0. The van der Waals surface area contributed by atoms with Crippen molar-refractivity contribution in [3.63, 3.8) is 0 Å². The van der Waals surface area contributed by atoms with Crippen LogP contribution in [-0.4, -0.2) is 16.3 Å². The summed E-state index contributed by atoms with van der Waals surface area (Å²) in [6.07, 6.45) is 13.6. The number of allylic oxidation sites excluding steroid dienone is 6. The first-order chi connectivity index (χ1) is 11.5. The molecule has 0 spiro atoms. The van der Waals surface area contributed by atoms with E-state index in [1.54, 1.807) is 0 Å². The molecule has 3 N–H and O–H groups in total. The fourth-order valence-electron chi connectivity index (χ4n) is 4.50. The van der Waals surface area contributed by atoms with Crippen LogP contribution in [-0.2, 0) is 9.98 Å². The number of hydrogen-bond acceptors (Lipinski definition) is 1. The third kappa shape index (κ3) is 2.84. The highest BCUT2D eigenvalue weighted by atomic mass is 31.2. The number of nitrogens with one attached hydrogen (secondary N) is 1. The van der Waals surface area contributed by atoms with Crippen molar-refractivity contribution in [3.8, 4) is 0 Å². The molecule has 3 aliphatic carbocycles. The Morgan fingerprint density at radius 1 is 1.21 bits per heavy atom. The molecule has 5 heteroatoms. The summed E-state index contributed by atoms with van der Waals surface area (Å²) in [6.45, 7) is 0.328. The van der Waals surface area contributed by atoms with Crippen molar-refractivity contribution in [1.29, 1.82) is 0 Å². The molecular weight excluding hydrogens is 321 g/mol. The molecule has 0 radical (unpaired) electrons. The Bertz CT molecular complexity index is 792. The SMILES string of the molecule is O=P(O)(O)NCCCC12/C=C/C=C\C=C3/C(C1)C3c1ccccc12. The molecule has 3 atom stereocenters. The van der Waals surface area contributed by atoms with Crippen molar-refractivity contribution >= 4 is 7.75 Å². The first-order valence-corrected chi connectivity index (χ1v) is 10.1. The maximum Gasteiger partial charge on any atom is 0.400 e. The average molecular weight is 343 g/mol. The van der Waals surface area contributed by atoms with E-state index in [0.717, 1.165) is 19.3 Å². The van der Waals surface area contributed by atoms with E-state index in [1.807, 2.05) is 0 Å². The van der Waals surface area contributed by atoms with Gasteiger partial charge in [-0.15, -0.1) is 0 Å². The molecule has 0 amide bonds. The molecule has 4 nitrogen and oxygen atoms in total. The third-order valence-corrected chi connectivity index (χ3v) is 6.18. The summed E-state index contributed by atoms with van der Waals surface area (Å²) in [6, 6.07) is 8.69. The first kappa shape index (κ1) is 16.0. The largest absolute Gasteiger partial charge is 0.400 e. The summed E-state index contributed by atoms with van der Waals surface area (Å²) in [5, 5.41) is 2.32. The monoisotopic (exact) mass is 343 g/mol. The van der Waals surface area contributed by atoms with Crippen molar-refractivity contribution < 1.29 is 14.4 Å². The Kier molecular flexibility index (Phi) is 3.89. The van der Waals surface area contributed by atoms with Gasteiger partial charge in [0.2, 0.25) is 0 Å². The zero-order valence-corrected chi connectivity index (χ0v) is 14.3. The van der Waals surface area contributed by atoms with Crippen LogP contribution in [0.3, 0.4) is 0 Å². The van der Waals surface area contributed by atoms with E-state index in [-0.39, 0.29) is 5.41 Å². The minimum atomic E-state index is -4.14. The predicted molar refractivity (Wildman–Crippen MR) is 94.6 cm³/mol. The van der Waals surface area contributed by atoms with Crippen LogP contribution in [0.5, 0.6) is 0 Å². The standard InChI is InChI=1S/C19H22NO3P/c21-24(22,23)20-12-6-11-19-10-5-1-2-7-14-16(13-19)18(14)15-8-3-4-9-17(15)19/h1-5,7-10,16,18H,6,11-13H2,(H3,20,21,22,23)/b2-1-,10-5+,14-7+. The second-order valence-electron chi connectivity index (χ2n) is 7.00. The lowest BCUT2D eigenvalue weighted by molar-refractivity contribution is 0.350. The van der Waals surface area contributed by atoms with Gasteiger partial charge in [0, 0.05) is 17.9 Å². The molecule has 126 valence electrons. The van der Waals surface area contributed by atoms with Gasteiger partial charge in [-0.2, -0.15) is 0 Å². The Labute approximate surface area is 142 Å². The van der Waals surface area contributed by atoms with Gasteiger partial charge < -0.3 is 9.79 Å². The quantitative estimate of drug-likeness (QED) is 0.565. The van der Waals surface area contributed by atoms with Crippen molar-refractivity contribution in [2.45, 2.75) is 30.6 Å². The van der Waals surface area contributed by atoms with Gasteiger partial charge in [-0.1, -0.05) is 60.2 Å². The van der Waals surface area contributed by atoms with E-state index in [2.05, 4.69) is 59.7 Å². The van der Waals surface area contributed by atoms with Gasteiger partial charge in [0.15, 0.2) is 0 Å². The number of rotatable bonds is 5. The number of hydrogen-bond donors (Lipinski definition) is 3. The maximum atomic E-state index is 11.0. The lowest BCUT2D eigenvalue weighted by atomic mass is 9.67. The van der Waals surface area contributed by atoms with Gasteiger partial charge in [-0.3, -0.25) is 0 Å². The smallest absolute Gasteiger partial charge is 0.313 e. The lowest BCUT2D eigenvalue weighted by Gasteiger charge is -2.37. The van der Waals surface area contributed by atoms with Crippen LogP contribution in [0, 0.1) is 5.92 Å². The van der Waals surface area contributed by atoms with Gasteiger partial charge in [0.25, 0.3) is 0 Å². The molecular formula is C19H22NO3P. The zero-order valence-electron chi connectivity index (χ0n) is 13.4. The zero-order chi connectivity index (χ0) is 16.8. The molecule has 0 saturated heterocycles. The average Bonchev–Trinajstić information content (AvgIpc) is 3.22. The molecule has 4 rings (SSSR count). The van der Waals surface area contributed by atoms with Gasteiger partial charge in [0.05, 0.1) is 0 Å². The van der Waals surface area contributed by atoms with Crippen LogP contribution in [0.2, 0.25) is 0 Å². The molecule has 3 unspecified atom stereocenters. The second kappa shape index (κ2) is 5.82. The van der Waals surface area contributed by atoms with Crippen molar-refractivity contribution in [2.24, 2.45) is 5.92 Å². The van der Waals surface area contributed by atoms with Crippen molar-refractivity contribution in [1.82, 2.24) is 5.09 Å². The number of fused-ring (bicyclic) bond motifs is 5. The topological polar surface area (TPSA) is 69.6 Å². The minimum absolute atomic E-state index is 0.0430. The van der Waals surface area contributed by atoms with Gasteiger partial charge >= 0.3 is 7.75 Å². The molecule has 0 aromatic heterocycles. The van der Waals surface area contributed by atoms with E-state index < -0.39 is 7.75 Å². The van der Waals surface area contributed by atoms with E-state index in [0.29, 0.717) is 18.4 Å². The predicted octanol–water partition coefficient (Wildman–Crippen LogP) is 3.56. The second-order valence-corrected chi connectivity index (χ2v) is 8.40. The van der Waals surface area contributed by atoms with E-state index in [9.17, 15) is 4.57 Å². The fraction of sp³-hybridized carbons (Fsp3) is 0.368. The molecule has 24 heavy (non-hydrogen) atoms. The van der Waals surface area contributed by atoms with Gasteiger partial charge in [-0.05, 0) is 36.3 Å². The molecule has 0 heterocycles. The Balaban J connectivity index is 1.65. The van der Waals surface area contributed by atoms with Crippen LogP contribution in [0.15, 0.2) is 60.2 Å². The van der Waals surface area contributed by atoms with E-state index >= 15 is 0 Å². The van der Waals surface area contributed by atoms with Crippen molar-refractivity contribution in [2.75, 3.05) is 6.54 Å². The third-order valence-electron chi connectivity index (χ3n) is 5.54. The fourth-order valence-corrected chi connectivity index (χ4v) is 4.95. The molecule has 0 aliphatic heterocycles. The Morgan fingerprint density at radius 2 is 2.04 bits per heavy atom. The summed E-state index contributed by atoms with van der Waals surface area (Å²) in [5.41, 5.74) is 4.30.